The molecule has 1 aliphatic rings. The minimum atomic E-state index is -0.460. The Hall–Kier alpha value is -1.31. The molecule has 1 fully saturated rings. The number of amides is 1. The van der Waals surface area contributed by atoms with E-state index in [9.17, 15) is 4.79 Å². The van der Waals surface area contributed by atoms with E-state index >= 15 is 0 Å². The van der Waals surface area contributed by atoms with Gasteiger partial charge in [-0.05, 0) is 73.6 Å². The predicted molar refractivity (Wildman–Crippen MR) is 114 cm³/mol. The van der Waals surface area contributed by atoms with E-state index in [0.717, 1.165) is 47.7 Å². The number of benzene rings is 1. The van der Waals surface area contributed by atoms with E-state index < -0.39 is 5.60 Å². The third-order valence-corrected chi connectivity index (χ3v) is 6.58. The molecular weight excluding hydrogens is 426 g/mol. The molecule has 0 unspecified atom stereocenters. The zero-order valence-electron chi connectivity index (χ0n) is 16.1. The fourth-order valence-corrected chi connectivity index (χ4v) is 4.67. The second-order valence-electron chi connectivity index (χ2n) is 7.67. The average molecular weight is 452 g/mol. The highest BCUT2D eigenvalue weighted by Crippen LogP contribution is 2.35. The van der Waals surface area contributed by atoms with E-state index in [-0.39, 0.29) is 6.09 Å². The highest BCUT2D eigenvalue weighted by atomic mass is 79.9. The second kappa shape index (κ2) is 8.80. The molecule has 27 heavy (non-hydrogen) atoms. The van der Waals surface area contributed by atoms with Gasteiger partial charge in [-0.2, -0.15) is 0 Å². The molecule has 146 valence electrons. The van der Waals surface area contributed by atoms with E-state index in [1.54, 1.807) is 11.9 Å². The summed E-state index contributed by atoms with van der Waals surface area (Å²) < 4.78 is 8.98. The van der Waals surface area contributed by atoms with Crippen molar-refractivity contribution in [1.29, 1.82) is 0 Å². The first kappa shape index (κ1) is 20.4. The molecular formula is C20H26BrN3O2S. The minimum Gasteiger partial charge on any atom is -0.444 e. The second-order valence-corrected chi connectivity index (χ2v) is 9.60. The molecule has 0 radical (unpaired) electrons. The van der Waals surface area contributed by atoms with E-state index in [0.29, 0.717) is 6.54 Å². The number of rotatable bonds is 2. The number of aromatic nitrogens is 1. The van der Waals surface area contributed by atoms with Crippen LogP contribution in [-0.2, 0) is 4.74 Å². The van der Waals surface area contributed by atoms with Crippen LogP contribution in [0.4, 0.5) is 4.79 Å². The van der Waals surface area contributed by atoms with Crippen LogP contribution in [-0.4, -0.2) is 52.1 Å². The average Bonchev–Trinajstić information content (AvgIpc) is 2.58. The van der Waals surface area contributed by atoms with Gasteiger partial charge < -0.3 is 9.64 Å². The molecule has 0 saturated carbocycles. The minimum absolute atomic E-state index is 0.214. The normalized spacial score (nSPS) is 16.8. The largest absolute Gasteiger partial charge is 0.444 e. The van der Waals surface area contributed by atoms with Gasteiger partial charge in [0.2, 0.25) is 0 Å². The van der Waals surface area contributed by atoms with Crippen molar-refractivity contribution in [2.75, 3.05) is 26.2 Å². The van der Waals surface area contributed by atoms with Crippen molar-refractivity contribution >= 4 is 44.7 Å². The Kier molecular flexibility index (Phi) is 6.65. The van der Waals surface area contributed by atoms with Crippen molar-refractivity contribution in [3.05, 3.63) is 35.1 Å². The van der Waals surface area contributed by atoms with Crippen LogP contribution in [0.3, 0.4) is 0 Å². The highest BCUT2D eigenvalue weighted by molar-refractivity contribution is 9.10. The lowest BCUT2D eigenvalue weighted by Crippen LogP contribution is -2.42. The molecule has 1 aromatic heterocycles. The lowest BCUT2D eigenvalue weighted by atomic mass is 10.2. The van der Waals surface area contributed by atoms with E-state index in [1.165, 1.54) is 4.90 Å². The summed E-state index contributed by atoms with van der Waals surface area (Å²) >= 11 is 5.49. The summed E-state index contributed by atoms with van der Waals surface area (Å²) in [5, 5.41) is 2.29. The molecule has 1 aliphatic heterocycles. The van der Waals surface area contributed by atoms with Crippen LogP contribution in [0.2, 0.25) is 0 Å². The molecule has 0 N–H and O–H groups in total. The number of ether oxygens (including phenoxy) is 1. The van der Waals surface area contributed by atoms with Crippen LogP contribution in [0.25, 0.3) is 10.8 Å². The number of carbonyl (C=O) groups is 1. The monoisotopic (exact) mass is 451 g/mol. The number of carbonyl (C=O) groups excluding carboxylic acids is 1. The number of pyridine rings is 1. The van der Waals surface area contributed by atoms with Crippen molar-refractivity contribution in [2.24, 2.45) is 0 Å². The molecule has 1 amide bonds. The van der Waals surface area contributed by atoms with Gasteiger partial charge in [0.1, 0.15) is 5.60 Å². The summed E-state index contributed by atoms with van der Waals surface area (Å²) in [6.45, 7) is 8.98. The van der Waals surface area contributed by atoms with Crippen LogP contribution < -0.4 is 0 Å². The third-order valence-electron chi connectivity index (χ3n) is 4.30. The number of nitrogens with zero attached hydrogens (tertiary/aromatic N) is 3. The maximum absolute atomic E-state index is 12.4. The molecule has 0 bridgehead atoms. The van der Waals surface area contributed by atoms with Crippen molar-refractivity contribution < 1.29 is 9.53 Å². The van der Waals surface area contributed by atoms with Gasteiger partial charge in [0.05, 0.1) is 0 Å². The van der Waals surface area contributed by atoms with Crippen molar-refractivity contribution in [1.82, 2.24) is 14.2 Å². The van der Waals surface area contributed by atoms with Gasteiger partial charge in [-0.1, -0.05) is 6.07 Å². The molecule has 1 aromatic carbocycles. The lowest BCUT2D eigenvalue weighted by Gasteiger charge is -2.32. The summed E-state index contributed by atoms with van der Waals surface area (Å²) in [6.07, 6.45) is 5.52. The summed E-state index contributed by atoms with van der Waals surface area (Å²) in [7, 11) is 0. The van der Waals surface area contributed by atoms with Crippen molar-refractivity contribution in [3.63, 3.8) is 0 Å². The van der Waals surface area contributed by atoms with E-state index in [2.05, 4.69) is 37.4 Å². The molecule has 5 nitrogen and oxygen atoms in total. The first-order chi connectivity index (χ1) is 12.8. The van der Waals surface area contributed by atoms with Gasteiger partial charge in [-0.25, -0.2) is 9.10 Å². The number of hydrogen-bond donors (Lipinski definition) is 0. The Bertz CT molecular complexity index is 809. The lowest BCUT2D eigenvalue weighted by molar-refractivity contribution is 0.0230. The molecule has 0 spiro atoms. The predicted octanol–water partition coefficient (Wildman–Crippen LogP) is 5.34. The maximum atomic E-state index is 12.4. The van der Waals surface area contributed by atoms with Crippen LogP contribution in [0.5, 0.6) is 0 Å². The third kappa shape index (κ3) is 5.59. The Morgan fingerprint density at radius 1 is 1.15 bits per heavy atom. The van der Waals surface area contributed by atoms with Gasteiger partial charge in [-0.15, -0.1) is 0 Å². The highest BCUT2D eigenvalue weighted by Gasteiger charge is 2.24. The summed E-state index contributed by atoms with van der Waals surface area (Å²) in [6, 6.07) is 6.26. The summed E-state index contributed by atoms with van der Waals surface area (Å²) in [4.78, 5) is 19.6. The quantitative estimate of drug-likeness (QED) is 0.576. The maximum Gasteiger partial charge on any atom is 0.410 e. The number of fused-ring (bicyclic) bond motifs is 1. The standard InChI is InChI=1S/C20H26BrN3O2S/c1-20(2,3)26-19(25)23-10-4-5-11-24(13-12-23)27-17-7-6-15-14-22-9-8-16(15)18(17)21/h6-9,14H,4-5,10-13H2,1-3H3. The van der Waals surface area contributed by atoms with Crippen molar-refractivity contribution in [2.45, 2.75) is 44.1 Å². The Labute approximate surface area is 173 Å². The molecule has 1 saturated heterocycles. The van der Waals surface area contributed by atoms with E-state index in [1.807, 2.05) is 44.1 Å². The molecule has 0 aliphatic carbocycles. The van der Waals surface area contributed by atoms with Gasteiger partial charge in [0.15, 0.2) is 0 Å². The van der Waals surface area contributed by atoms with Crippen LogP contribution in [0, 0.1) is 0 Å². The fourth-order valence-electron chi connectivity index (χ4n) is 2.97. The SMILES string of the molecule is CC(C)(C)OC(=O)N1CCCCN(Sc2ccc3cnccc3c2Br)CC1. The molecule has 0 atom stereocenters. The topological polar surface area (TPSA) is 45.7 Å². The zero-order valence-corrected chi connectivity index (χ0v) is 18.5. The van der Waals surface area contributed by atoms with Crippen LogP contribution in [0.1, 0.15) is 33.6 Å². The van der Waals surface area contributed by atoms with Crippen molar-refractivity contribution in [3.8, 4) is 0 Å². The Morgan fingerprint density at radius 2 is 1.93 bits per heavy atom. The van der Waals surface area contributed by atoms with E-state index in [4.69, 9.17) is 4.74 Å². The number of halogens is 1. The van der Waals surface area contributed by atoms with Gasteiger partial charge in [-0.3, -0.25) is 4.98 Å². The zero-order chi connectivity index (χ0) is 19.4. The molecule has 7 heteroatoms. The van der Waals surface area contributed by atoms with Gasteiger partial charge in [0, 0.05) is 58.7 Å². The number of hydrogen-bond acceptors (Lipinski definition) is 5. The molecule has 3 rings (SSSR count). The summed E-state index contributed by atoms with van der Waals surface area (Å²) in [5.74, 6) is 0. The van der Waals surface area contributed by atoms with Crippen LogP contribution >= 0.6 is 27.9 Å². The Morgan fingerprint density at radius 3 is 2.70 bits per heavy atom. The van der Waals surface area contributed by atoms with Crippen LogP contribution in [0.15, 0.2) is 40.0 Å². The first-order valence-corrected chi connectivity index (χ1v) is 10.8. The molecule has 2 heterocycles. The molecule has 2 aromatic rings. The van der Waals surface area contributed by atoms with Gasteiger partial charge >= 0.3 is 6.09 Å². The smallest absolute Gasteiger partial charge is 0.410 e. The first-order valence-electron chi connectivity index (χ1n) is 9.26. The van der Waals surface area contributed by atoms with Gasteiger partial charge in [0.25, 0.3) is 0 Å². The fraction of sp³-hybridized carbons (Fsp3) is 0.500. The summed E-state index contributed by atoms with van der Waals surface area (Å²) in [5.41, 5.74) is -0.460. The Balaban J connectivity index is 1.67.